The maximum Gasteiger partial charge on any atom is 0.336 e. The highest BCUT2D eigenvalue weighted by Gasteiger charge is 2.30. The fourth-order valence-corrected chi connectivity index (χ4v) is 5.69. The number of carbonyl (C=O) groups is 2. The summed E-state index contributed by atoms with van der Waals surface area (Å²) in [6.45, 7) is 2.05. The van der Waals surface area contributed by atoms with Gasteiger partial charge in [0.1, 0.15) is 0 Å². The van der Waals surface area contributed by atoms with E-state index in [0.717, 1.165) is 43.4 Å². The van der Waals surface area contributed by atoms with Crippen molar-refractivity contribution >= 4 is 45.3 Å². The van der Waals surface area contributed by atoms with Crippen molar-refractivity contribution in [2.45, 2.75) is 16.7 Å². The Morgan fingerprint density at radius 3 is 2.36 bits per heavy atom. The number of aryl methyl sites for hydroxylation is 1. The van der Waals surface area contributed by atoms with Crippen LogP contribution >= 0.6 is 11.8 Å². The lowest BCUT2D eigenvalue weighted by Gasteiger charge is -2.23. The van der Waals surface area contributed by atoms with Gasteiger partial charge in [-0.2, -0.15) is 0 Å². The van der Waals surface area contributed by atoms with Crippen molar-refractivity contribution in [3.8, 4) is 11.1 Å². The molecule has 0 radical (unpaired) electrons. The first-order chi connectivity index (χ1) is 16.0. The molecule has 0 saturated heterocycles. The average molecular weight is 448 g/mol. The van der Waals surface area contributed by atoms with Crippen molar-refractivity contribution in [3.63, 3.8) is 0 Å². The molecule has 0 bridgehead atoms. The molecule has 5 heteroatoms. The zero-order valence-corrected chi connectivity index (χ0v) is 18.4. The molecule has 1 heterocycles. The summed E-state index contributed by atoms with van der Waals surface area (Å²) in [5.74, 6) is -1.05. The highest BCUT2D eigenvalue weighted by atomic mass is 32.2. The van der Waals surface area contributed by atoms with Gasteiger partial charge in [-0.25, -0.2) is 9.78 Å². The van der Waals surface area contributed by atoms with Crippen LogP contribution in [0.4, 0.5) is 0 Å². The molecule has 0 saturated carbocycles. The van der Waals surface area contributed by atoms with Gasteiger partial charge in [0.05, 0.1) is 16.6 Å². The van der Waals surface area contributed by atoms with Crippen molar-refractivity contribution in [2.75, 3.05) is 0 Å². The summed E-state index contributed by atoms with van der Waals surface area (Å²) in [6.07, 6.45) is 0. The molecule has 6 rings (SSSR count). The molecule has 4 aromatic carbocycles. The van der Waals surface area contributed by atoms with Gasteiger partial charge in [0.2, 0.25) is 0 Å². The fourth-order valence-electron chi connectivity index (χ4n) is 4.61. The average Bonchev–Trinajstić information content (AvgIpc) is 2.82. The van der Waals surface area contributed by atoms with Crippen molar-refractivity contribution in [1.82, 2.24) is 4.98 Å². The van der Waals surface area contributed by atoms with E-state index in [1.165, 1.54) is 11.8 Å². The summed E-state index contributed by atoms with van der Waals surface area (Å²) in [5.41, 5.74) is 6.14. The van der Waals surface area contributed by atoms with Crippen LogP contribution in [0.1, 0.15) is 31.8 Å². The third-order valence-corrected chi connectivity index (χ3v) is 7.20. The smallest absolute Gasteiger partial charge is 0.336 e. The first-order valence-corrected chi connectivity index (χ1v) is 11.4. The number of benzene rings is 4. The Hall–Kier alpha value is -3.96. The standard InChI is InChI=1S/C28H17NO3S/c1-15-10-11-20-19(14-15)24-16-6-2-3-7-17(16)27(30)26-23(13-12-21(29-20)25(24)26)33-22-9-5-4-8-18(22)28(31)32/h2-14H,1H3,(H,31,32). The lowest BCUT2D eigenvalue weighted by Crippen LogP contribution is -2.12. The molecule has 1 aliphatic rings. The SMILES string of the molecule is Cc1ccc2nc3ccc(Sc4ccccc4C(=O)O)c4c3c(c2c1)-c1ccccc1C4=O. The predicted molar refractivity (Wildman–Crippen MR) is 130 cm³/mol. The van der Waals surface area contributed by atoms with E-state index < -0.39 is 5.97 Å². The van der Waals surface area contributed by atoms with Gasteiger partial charge >= 0.3 is 5.97 Å². The van der Waals surface area contributed by atoms with Crippen LogP contribution in [0, 0.1) is 6.92 Å². The largest absolute Gasteiger partial charge is 0.478 e. The predicted octanol–water partition coefficient (Wildman–Crippen LogP) is 6.76. The van der Waals surface area contributed by atoms with E-state index >= 15 is 0 Å². The quantitative estimate of drug-likeness (QED) is 0.304. The number of aromatic carboxylic acids is 1. The van der Waals surface area contributed by atoms with E-state index in [1.54, 1.807) is 18.2 Å². The molecular weight excluding hydrogens is 430 g/mol. The van der Waals surface area contributed by atoms with Crippen molar-refractivity contribution in [2.24, 2.45) is 0 Å². The highest BCUT2D eigenvalue weighted by Crippen LogP contribution is 2.47. The van der Waals surface area contributed by atoms with E-state index in [9.17, 15) is 14.7 Å². The van der Waals surface area contributed by atoms with Gasteiger partial charge < -0.3 is 5.11 Å². The molecule has 33 heavy (non-hydrogen) atoms. The highest BCUT2D eigenvalue weighted by molar-refractivity contribution is 7.99. The number of carboxylic acid groups (broad SMARTS) is 1. The van der Waals surface area contributed by atoms with Crippen LogP contribution in [0.15, 0.2) is 88.7 Å². The Morgan fingerprint density at radius 2 is 1.55 bits per heavy atom. The molecular formula is C28H17NO3S. The van der Waals surface area contributed by atoms with Crippen LogP contribution in [-0.4, -0.2) is 21.8 Å². The zero-order valence-electron chi connectivity index (χ0n) is 17.6. The number of pyridine rings is 1. The van der Waals surface area contributed by atoms with Crippen molar-refractivity contribution < 1.29 is 14.7 Å². The Morgan fingerprint density at radius 1 is 0.818 bits per heavy atom. The number of hydrogen-bond acceptors (Lipinski definition) is 4. The van der Waals surface area contributed by atoms with Gasteiger partial charge in [0.25, 0.3) is 0 Å². The first-order valence-electron chi connectivity index (χ1n) is 10.5. The van der Waals surface area contributed by atoms with E-state index in [-0.39, 0.29) is 11.3 Å². The van der Waals surface area contributed by atoms with E-state index in [0.29, 0.717) is 16.0 Å². The molecule has 0 amide bonds. The Labute approximate surface area is 193 Å². The topological polar surface area (TPSA) is 67.3 Å². The van der Waals surface area contributed by atoms with Crippen molar-refractivity contribution in [1.29, 1.82) is 0 Å². The molecule has 4 nitrogen and oxygen atoms in total. The Bertz CT molecular complexity index is 1660. The third kappa shape index (κ3) is 2.97. The molecule has 0 spiro atoms. The number of rotatable bonds is 3. The maximum absolute atomic E-state index is 13.8. The molecule has 1 N–H and O–H groups in total. The van der Waals surface area contributed by atoms with Gasteiger partial charge in [-0.1, -0.05) is 59.8 Å². The molecule has 0 aliphatic heterocycles. The summed E-state index contributed by atoms with van der Waals surface area (Å²) in [4.78, 5) is 31.7. The lowest BCUT2D eigenvalue weighted by atomic mass is 9.82. The molecule has 0 atom stereocenters. The summed E-state index contributed by atoms with van der Waals surface area (Å²) < 4.78 is 0. The second-order valence-corrected chi connectivity index (χ2v) is 9.20. The summed E-state index contributed by atoms with van der Waals surface area (Å²) >= 11 is 1.31. The molecule has 0 unspecified atom stereocenters. The minimum atomic E-state index is -0.993. The Balaban J connectivity index is 1.72. The van der Waals surface area contributed by atoms with E-state index in [4.69, 9.17) is 4.98 Å². The second-order valence-electron chi connectivity index (χ2n) is 8.12. The number of fused-ring (bicyclic) bond motifs is 4. The van der Waals surface area contributed by atoms with Gasteiger partial charge in [0, 0.05) is 37.3 Å². The zero-order chi connectivity index (χ0) is 22.7. The maximum atomic E-state index is 13.8. The van der Waals surface area contributed by atoms with Gasteiger partial charge in [-0.3, -0.25) is 4.79 Å². The summed E-state index contributed by atoms with van der Waals surface area (Å²) in [7, 11) is 0. The normalized spacial score (nSPS) is 12.2. The van der Waals surface area contributed by atoms with Crippen LogP contribution in [0.25, 0.3) is 32.9 Å². The van der Waals surface area contributed by atoms with Crippen LogP contribution in [-0.2, 0) is 0 Å². The van der Waals surface area contributed by atoms with Crippen LogP contribution in [0.3, 0.4) is 0 Å². The van der Waals surface area contributed by atoms with Gasteiger partial charge in [-0.15, -0.1) is 0 Å². The lowest BCUT2D eigenvalue weighted by molar-refractivity contribution is 0.0693. The monoisotopic (exact) mass is 447 g/mol. The number of ketones is 1. The Kier molecular flexibility index (Phi) is 4.35. The van der Waals surface area contributed by atoms with Crippen LogP contribution in [0.2, 0.25) is 0 Å². The number of nitrogens with zero attached hydrogens (tertiary/aromatic N) is 1. The molecule has 1 aliphatic carbocycles. The molecule has 158 valence electrons. The van der Waals surface area contributed by atoms with E-state index in [2.05, 4.69) is 6.07 Å². The van der Waals surface area contributed by atoms with Crippen LogP contribution in [0.5, 0.6) is 0 Å². The minimum absolute atomic E-state index is 0.0622. The van der Waals surface area contributed by atoms with Crippen LogP contribution < -0.4 is 0 Å². The minimum Gasteiger partial charge on any atom is -0.478 e. The summed E-state index contributed by atoms with van der Waals surface area (Å²) in [6, 6.07) is 24.5. The number of carbonyl (C=O) groups excluding carboxylic acids is 1. The van der Waals surface area contributed by atoms with Gasteiger partial charge in [0.15, 0.2) is 5.78 Å². The van der Waals surface area contributed by atoms with E-state index in [1.807, 2.05) is 61.5 Å². The van der Waals surface area contributed by atoms with Crippen molar-refractivity contribution in [3.05, 3.63) is 101 Å². The number of carboxylic acids is 1. The molecule has 1 aromatic heterocycles. The second kappa shape index (κ2) is 7.29. The molecule has 0 fully saturated rings. The first kappa shape index (κ1) is 19.7. The molecule has 5 aromatic rings. The number of hydrogen-bond donors (Lipinski definition) is 1. The number of aromatic nitrogens is 1. The third-order valence-electron chi connectivity index (χ3n) is 6.06. The summed E-state index contributed by atoms with van der Waals surface area (Å²) in [5, 5.41) is 11.5. The fraction of sp³-hybridized carbons (Fsp3) is 0.0357. The van der Waals surface area contributed by atoms with Gasteiger partial charge in [-0.05, 0) is 48.9 Å².